The van der Waals surface area contributed by atoms with Gasteiger partial charge in [-0.25, -0.2) is 0 Å². The Labute approximate surface area is 381 Å². The third kappa shape index (κ3) is 5.20. The highest BCUT2D eigenvalue weighted by Crippen LogP contribution is 2.57. The molecule has 3 nitrogen and oxygen atoms in total. The summed E-state index contributed by atoms with van der Waals surface area (Å²) >= 11 is 0. The van der Waals surface area contributed by atoms with Crippen molar-refractivity contribution in [1.29, 1.82) is 0 Å². The Balaban J connectivity index is 0.989. The minimum absolute atomic E-state index is 0.484. The van der Waals surface area contributed by atoms with E-state index in [0.717, 1.165) is 82.8 Å². The highest BCUT2D eigenvalue weighted by Gasteiger charge is 2.46. The molecule has 66 heavy (non-hydrogen) atoms. The fraction of sp³-hybridized carbons (Fsp3) is 0.0159. The lowest BCUT2D eigenvalue weighted by Gasteiger charge is -2.34. The number of fused-ring (bicyclic) bond motifs is 12. The first-order valence-corrected chi connectivity index (χ1v) is 22.7. The van der Waals surface area contributed by atoms with E-state index in [1.807, 2.05) is 6.07 Å². The van der Waals surface area contributed by atoms with Crippen molar-refractivity contribution in [2.24, 2.45) is 0 Å². The Kier molecular flexibility index (Phi) is 7.90. The Morgan fingerprint density at radius 2 is 0.833 bits per heavy atom. The normalized spacial score (nSPS) is 13.0. The van der Waals surface area contributed by atoms with Gasteiger partial charge in [-0.1, -0.05) is 194 Å². The third-order valence-electron chi connectivity index (χ3n) is 14.1. The van der Waals surface area contributed by atoms with E-state index >= 15 is 0 Å². The molecule has 0 aliphatic heterocycles. The van der Waals surface area contributed by atoms with Crippen LogP contribution in [0.15, 0.2) is 245 Å². The molecule has 3 heteroatoms. The summed E-state index contributed by atoms with van der Waals surface area (Å²) in [5, 5.41) is 8.99. The van der Waals surface area contributed by atoms with Crippen molar-refractivity contribution < 1.29 is 8.83 Å². The first-order valence-electron chi connectivity index (χ1n) is 22.7. The molecule has 0 spiro atoms. The first-order chi connectivity index (χ1) is 32.7. The van der Waals surface area contributed by atoms with Crippen LogP contribution >= 0.6 is 0 Å². The molecule has 0 amide bonds. The maximum atomic E-state index is 7.19. The number of rotatable bonds is 6. The Morgan fingerprint density at radius 3 is 1.58 bits per heavy atom. The van der Waals surface area contributed by atoms with Gasteiger partial charge in [0.1, 0.15) is 11.2 Å². The van der Waals surface area contributed by atoms with Crippen molar-refractivity contribution in [2.45, 2.75) is 5.41 Å². The van der Waals surface area contributed by atoms with E-state index in [0.29, 0.717) is 0 Å². The molecule has 0 radical (unpaired) electrons. The van der Waals surface area contributed by atoms with Crippen LogP contribution in [-0.2, 0) is 5.41 Å². The predicted molar refractivity (Wildman–Crippen MR) is 273 cm³/mol. The molecule has 14 rings (SSSR count). The lowest BCUT2D eigenvalue weighted by atomic mass is 9.67. The number of para-hydroxylation sites is 3. The molecule has 13 aromatic rings. The van der Waals surface area contributed by atoms with Gasteiger partial charge in [-0.3, -0.25) is 0 Å². The largest absolute Gasteiger partial charge is 0.454 e. The zero-order valence-electron chi connectivity index (χ0n) is 35.8. The summed E-state index contributed by atoms with van der Waals surface area (Å²) in [5.74, 6) is 0. The monoisotopic (exact) mass is 841 g/mol. The average molecular weight is 842 g/mol. The van der Waals surface area contributed by atoms with E-state index in [9.17, 15) is 0 Å². The number of hydrogen-bond acceptors (Lipinski definition) is 3. The second kappa shape index (κ2) is 14.2. The number of nitrogens with zero attached hydrogens (tertiary/aromatic N) is 1. The molecule has 0 bridgehead atoms. The van der Waals surface area contributed by atoms with E-state index in [4.69, 9.17) is 8.83 Å². The van der Waals surface area contributed by atoms with Crippen LogP contribution in [0.1, 0.15) is 22.3 Å². The van der Waals surface area contributed by atoms with Gasteiger partial charge in [-0.15, -0.1) is 0 Å². The van der Waals surface area contributed by atoms with E-state index < -0.39 is 5.41 Å². The van der Waals surface area contributed by atoms with E-state index in [2.05, 4.69) is 235 Å². The molecular formula is C63H39NO2. The molecule has 0 unspecified atom stereocenters. The third-order valence-corrected chi connectivity index (χ3v) is 14.1. The maximum absolute atomic E-state index is 7.19. The van der Waals surface area contributed by atoms with Crippen LogP contribution < -0.4 is 4.90 Å². The number of anilines is 3. The quantitative estimate of drug-likeness (QED) is 0.156. The van der Waals surface area contributed by atoms with Crippen molar-refractivity contribution in [3.63, 3.8) is 0 Å². The number of benzene rings is 11. The average Bonchev–Trinajstić information content (AvgIpc) is 4.06. The molecule has 2 heterocycles. The van der Waals surface area contributed by atoms with Gasteiger partial charge in [-0.05, 0) is 103 Å². The number of furan rings is 2. The SMILES string of the molecule is c1ccc(C2(c3ccccc3)c3ccccc3-c3ccc(-c4ccc5c(c4)oc4c(N(c6cc7ccccc7c7ccccc67)c6cccc7c6oc6ccccc67)cccc45)cc32)cc1. The van der Waals surface area contributed by atoms with Gasteiger partial charge in [0.15, 0.2) is 11.2 Å². The number of hydrogen-bond donors (Lipinski definition) is 0. The van der Waals surface area contributed by atoms with E-state index in [-0.39, 0.29) is 0 Å². The molecule has 0 saturated heterocycles. The summed E-state index contributed by atoms with van der Waals surface area (Å²) in [6.07, 6.45) is 0. The zero-order chi connectivity index (χ0) is 43.3. The van der Waals surface area contributed by atoms with Gasteiger partial charge < -0.3 is 13.7 Å². The Bertz CT molecular complexity index is 4030. The van der Waals surface area contributed by atoms with Gasteiger partial charge in [0.2, 0.25) is 0 Å². The van der Waals surface area contributed by atoms with Crippen molar-refractivity contribution in [3.8, 4) is 22.3 Å². The summed E-state index contributed by atoms with van der Waals surface area (Å²) < 4.78 is 14.0. The van der Waals surface area contributed by atoms with E-state index in [1.165, 1.54) is 44.2 Å². The van der Waals surface area contributed by atoms with Crippen LogP contribution in [0.4, 0.5) is 17.1 Å². The van der Waals surface area contributed by atoms with Crippen LogP contribution in [0.25, 0.3) is 87.7 Å². The molecule has 1 aliphatic carbocycles. The molecule has 308 valence electrons. The van der Waals surface area contributed by atoms with Crippen LogP contribution in [0.2, 0.25) is 0 Å². The molecule has 11 aromatic carbocycles. The molecule has 0 fully saturated rings. The molecule has 1 aliphatic rings. The van der Waals surface area contributed by atoms with Gasteiger partial charge in [-0.2, -0.15) is 0 Å². The maximum Gasteiger partial charge on any atom is 0.159 e. The van der Waals surface area contributed by atoms with Gasteiger partial charge in [0, 0.05) is 26.9 Å². The van der Waals surface area contributed by atoms with Crippen LogP contribution in [0.3, 0.4) is 0 Å². The van der Waals surface area contributed by atoms with E-state index in [1.54, 1.807) is 0 Å². The van der Waals surface area contributed by atoms with Gasteiger partial charge in [0.05, 0.1) is 22.5 Å². The van der Waals surface area contributed by atoms with Crippen molar-refractivity contribution in [2.75, 3.05) is 4.90 Å². The Morgan fingerprint density at radius 1 is 0.303 bits per heavy atom. The lowest BCUT2D eigenvalue weighted by Crippen LogP contribution is -2.28. The summed E-state index contributed by atoms with van der Waals surface area (Å²) in [4.78, 5) is 2.36. The summed E-state index contributed by atoms with van der Waals surface area (Å²) in [5.41, 5.74) is 15.6. The van der Waals surface area contributed by atoms with Crippen LogP contribution in [0.5, 0.6) is 0 Å². The topological polar surface area (TPSA) is 29.5 Å². The second-order valence-electron chi connectivity index (χ2n) is 17.5. The minimum atomic E-state index is -0.484. The minimum Gasteiger partial charge on any atom is -0.454 e. The highest BCUT2D eigenvalue weighted by molar-refractivity contribution is 6.19. The fourth-order valence-electron chi connectivity index (χ4n) is 11.3. The van der Waals surface area contributed by atoms with Crippen molar-refractivity contribution in [3.05, 3.63) is 259 Å². The summed E-state index contributed by atoms with van der Waals surface area (Å²) in [6, 6.07) is 85.6. The smallest absolute Gasteiger partial charge is 0.159 e. The highest BCUT2D eigenvalue weighted by atomic mass is 16.3. The van der Waals surface area contributed by atoms with Gasteiger partial charge >= 0.3 is 0 Å². The zero-order valence-corrected chi connectivity index (χ0v) is 35.8. The fourth-order valence-corrected chi connectivity index (χ4v) is 11.3. The molecule has 2 aromatic heterocycles. The first kappa shape index (κ1) is 36.8. The van der Waals surface area contributed by atoms with Crippen molar-refractivity contribution >= 4 is 82.5 Å². The molecule has 0 N–H and O–H groups in total. The summed E-state index contributed by atoms with van der Waals surface area (Å²) in [6.45, 7) is 0. The van der Waals surface area contributed by atoms with Crippen LogP contribution in [0, 0.1) is 0 Å². The second-order valence-corrected chi connectivity index (χ2v) is 17.5. The van der Waals surface area contributed by atoms with Crippen molar-refractivity contribution in [1.82, 2.24) is 0 Å². The molecule has 0 atom stereocenters. The predicted octanol–water partition coefficient (Wildman–Crippen LogP) is 17.3. The Hall–Kier alpha value is -8.66. The standard InChI is InChI=1S/C63H39NO2/c1-3-18-43(19-4-1)63(44-20-5-2-6-21-44)54-29-13-11-24-47(54)48-35-33-40(37-55(48)63)41-34-36-51-53-28-16-31-57(62(53)66-60(51)39-41)64(56-30-15-27-52-50-26-12-14-32-59(50)65-61(52)56)58-38-42-17-7-8-22-45(42)46-23-9-10-25-49(46)58/h1-39H. The molecule has 0 saturated carbocycles. The van der Waals surface area contributed by atoms with Crippen LogP contribution in [-0.4, -0.2) is 0 Å². The van der Waals surface area contributed by atoms with Gasteiger partial charge in [0.25, 0.3) is 0 Å². The lowest BCUT2D eigenvalue weighted by molar-refractivity contribution is 0.666. The summed E-state index contributed by atoms with van der Waals surface area (Å²) in [7, 11) is 0. The molecular weight excluding hydrogens is 803 g/mol.